The maximum absolute atomic E-state index is 13.3. The summed E-state index contributed by atoms with van der Waals surface area (Å²) < 4.78 is 51.7. The van der Waals surface area contributed by atoms with E-state index < -0.39 is 29.2 Å². The lowest BCUT2D eigenvalue weighted by Gasteiger charge is -2.09. The molecule has 0 unspecified atom stereocenters. The van der Waals surface area contributed by atoms with E-state index in [1.165, 1.54) is 12.1 Å². The van der Waals surface area contributed by atoms with Gasteiger partial charge in [0.05, 0.1) is 0 Å². The summed E-state index contributed by atoms with van der Waals surface area (Å²) in [6, 6.07) is 4.13. The molecule has 0 spiro atoms. The zero-order chi connectivity index (χ0) is 13.3. The second-order valence-electron chi connectivity index (χ2n) is 3.68. The summed E-state index contributed by atoms with van der Waals surface area (Å²) in [5.41, 5.74) is 0.842. The SMILES string of the molecule is Cc1cc(F)ccc1Nc1nc(F)c(F)cc1F. The normalized spacial score (nSPS) is 10.5. The van der Waals surface area contributed by atoms with E-state index in [1.54, 1.807) is 6.92 Å². The Kier molecular flexibility index (Phi) is 3.18. The average molecular weight is 256 g/mol. The third kappa shape index (κ3) is 2.42. The number of halogens is 4. The summed E-state index contributed by atoms with van der Waals surface area (Å²) in [6.45, 7) is 1.59. The number of pyridine rings is 1. The van der Waals surface area contributed by atoms with Crippen molar-refractivity contribution < 1.29 is 17.6 Å². The minimum absolute atomic E-state index is 0.355. The third-order valence-electron chi connectivity index (χ3n) is 2.33. The maximum Gasteiger partial charge on any atom is 0.251 e. The molecular formula is C12H8F4N2. The highest BCUT2D eigenvalue weighted by Crippen LogP contribution is 2.22. The maximum atomic E-state index is 13.3. The Morgan fingerprint density at radius 3 is 2.39 bits per heavy atom. The van der Waals surface area contributed by atoms with Gasteiger partial charge in [0, 0.05) is 11.8 Å². The zero-order valence-electron chi connectivity index (χ0n) is 9.27. The van der Waals surface area contributed by atoms with Crippen LogP contribution in [0.25, 0.3) is 0 Å². The van der Waals surface area contributed by atoms with Gasteiger partial charge < -0.3 is 5.32 Å². The molecule has 0 radical (unpaired) electrons. The fourth-order valence-corrected chi connectivity index (χ4v) is 1.43. The van der Waals surface area contributed by atoms with Gasteiger partial charge in [-0.3, -0.25) is 0 Å². The van der Waals surface area contributed by atoms with E-state index in [9.17, 15) is 17.6 Å². The second-order valence-corrected chi connectivity index (χ2v) is 3.68. The van der Waals surface area contributed by atoms with Crippen molar-refractivity contribution >= 4 is 11.5 Å². The van der Waals surface area contributed by atoms with Crippen molar-refractivity contribution in [1.29, 1.82) is 0 Å². The van der Waals surface area contributed by atoms with Crippen LogP contribution in [0.2, 0.25) is 0 Å². The van der Waals surface area contributed by atoms with Gasteiger partial charge in [0.15, 0.2) is 17.5 Å². The summed E-state index contributed by atoms with van der Waals surface area (Å²) >= 11 is 0. The van der Waals surface area contributed by atoms with Gasteiger partial charge in [0.25, 0.3) is 5.95 Å². The lowest BCUT2D eigenvalue weighted by Crippen LogP contribution is -2.02. The van der Waals surface area contributed by atoms with E-state index >= 15 is 0 Å². The van der Waals surface area contributed by atoms with Gasteiger partial charge in [0.1, 0.15) is 5.82 Å². The number of anilines is 2. The molecule has 0 fully saturated rings. The summed E-state index contributed by atoms with van der Waals surface area (Å²) in [6.07, 6.45) is 0. The van der Waals surface area contributed by atoms with E-state index in [4.69, 9.17) is 0 Å². The van der Waals surface area contributed by atoms with Gasteiger partial charge in [-0.2, -0.15) is 9.37 Å². The van der Waals surface area contributed by atoms with E-state index in [0.717, 1.165) is 6.07 Å². The standard InChI is InChI=1S/C12H8F4N2/c1-6-4-7(13)2-3-10(6)17-12-9(15)5-8(14)11(16)18-12/h2-5H,1H3,(H,17,18). The lowest BCUT2D eigenvalue weighted by atomic mass is 10.2. The van der Waals surface area contributed by atoms with Gasteiger partial charge in [-0.25, -0.2) is 13.2 Å². The largest absolute Gasteiger partial charge is 0.337 e. The highest BCUT2D eigenvalue weighted by Gasteiger charge is 2.12. The molecule has 0 saturated heterocycles. The van der Waals surface area contributed by atoms with E-state index in [0.29, 0.717) is 17.3 Å². The molecule has 2 nitrogen and oxygen atoms in total. The molecule has 0 bridgehead atoms. The number of aromatic nitrogens is 1. The molecule has 2 rings (SSSR count). The number of nitrogens with zero attached hydrogens (tertiary/aromatic N) is 1. The van der Waals surface area contributed by atoms with E-state index in [-0.39, 0.29) is 0 Å². The monoisotopic (exact) mass is 256 g/mol. The molecule has 1 heterocycles. The van der Waals surface area contributed by atoms with Crippen molar-refractivity contribution in [2.24, 2.45) is 0 Å². The first-order valence-corrected chi connectivity index (χ1v) is 5.02. The van der Waals surface area contributed by atoms with Gasteiger partial charge in [-0.15, -0.1) is 0 Å². The minimum atomic E-state index is -1.40. The summed E-state index contributed by atoms with van der Waals surface area (Å²) in [4.78, 5) is 3.11. The molecule has 1 aromatic heterocycles. The molecule has 2 aromatic rings. The third-order valence-corrected chi connectivity index (χ3v) is 2.33. The van der Waals surface area contributed by atoms with E-state index in [1.807, 2.05) is 0 Å². The zero-order valence-corrected chi connectivity index (χ0v) is 9.27. The predicted molar refractivity (Wildman–Crippen MR) is 58.5 cm³/mol. The van der Waals surface area contributed by atoms with Crippen LogP contribution in [-0.2, 0) is 0 Å². The Bertz CT molecular complexity index is 599. The Balaban J connectivity index is 2.37. The Morgan fingerprint density at radius 1 is 1.00 bits per heavy atom. The number of aryl methyl sites for hydroxylation is 1. The van der Waals surface area contributed by atoms with Crippen LogP contribution in [0.4, 0.5) is 29.1 Å². The topological polar surface area (TPSA) is 24.9 Å². The highest BCUT2D eigenvalue weighted by atomic mass is 19.2. The molecule has 0 aliphatic carbocycles. The summed E-state index contributed by atoms with van der Waals surface area (Å²) in [5, 5.41) is 2.48. The summed E-state index contributed by atoms with van der Waals surface area (Å²) in [7, 11) is 0. The average Bonchev–Trinajstić information content (AvgIpc) is 2.29. The Morgan fingerprint density at radius 2 is 1.72 bits per heavy atom. The van der Waals surface area contributed by atoms with Crippen LogP contribution in [0.15, 0.2) is 24.3 Å². The first-order valence-electron chi connectivity index (χ1n) is 5.02. The molecule has 1 N–H and O–H groups in total. The van der Waals surface area contributed by atoms with Gasteiger partial charge in [0.2, 0.25) is 0 Å². The molecule has 0 aliphatic heterocycles. The molecule has 0 amide bonds. The first-order chi connectivity index (χ1) is 8.47. The summed E-state index contributed by atoms with van der Waals surface area (Å²) in [5.74, 6) is -4.70. The minimum Gasteiger partial charge on any atom is -0.337 e. The van der Waals surface area contributed by atoms with Crippen molar-refractivity contribution in [3.63, 3.8) is 0 Å². The van der Waals surface area contributed by atoms with Crippen molar-refractivity contribution in [3.05, 3.63) is 53.2 Å². The number of hydrogen-bond donors (Lipinski definition) is 1. The van der Waals surface area contributed by atoms with Crippen molar-refractivity contribution in [2.75, 3.05) is 5.32 Å². The van der Waals surface area contributed by atoms with Crippen molar-refractivity contribution in [2.45, 2.75) is 6.92 Å². The van der Waals surface area contributed by atoms with Crippen LogP contribution in [0, 0.1) is 30.3 Å². The lowest BCUT2D eigenvalue weighted by molar-refractivity contribution is 0.467. The molecule has 1 aromatic carbocycles. The molecular weight excluding hydrogens is 248 g/mol. The van der Waals surface area contributed by atoms with Crippen LogP contribution < -0.4 is 5.32 Å². The van der Waals surface area contributed by atoms with Gasteiger partial charge in [-0.1, -0.05) is 0 Å². The predicted octanol–water partition coefficient (Wildman–Crippen LogP) is 3.69. The van der Waals surface area contributed by atoms with Crippen LogP contribution in [0.5, 0.6) is 0 Å². The van der Waals surface area contributed by atoms with Crippen LogP contribution >= 0.6 is 0 Å². The van der Waals surface area contributed by atoms with Gasteiger partial charge >= 0.3 is 0 Å². The molecule has 0 aliphatic rings. The quantitative estimate of drug-likeness (QED) is 0.654. The van der Waals surface area contributed by atoms with Gasteiger partial charge in [-0.05, 0) is 30.7 Å². The first kappa shape index (κ1) is 12.3. The van der Waals surface area contributed by atoms with Crippen LogP contribution in [-0.4, -0.2) is 4.98 Å². The number of rotatable bonds is 2. The van der Waals surface area contributed by atoms with Crippen molar-refractivity contribution in [3.8, 4) is 0 Å². The fourth-order valence-electron chi connectivity index (χ4n) is 1.43. The molecule has 18 heavy (non-hydrogen) atoms. The smallest absolute Gasteiger partial charge is 0.251 e. The van der Waals surface area contributed by atoms with Crippen LogP contribution in [0.1, 0.15) is 5.56 Å². The Labute approximate surface area is 100 Å². The molecule has 0 saturated carbocycles. The highest BCUT2D eigenvalue weighted by molar-refractivity contribution is 5.60. The molecule has 0 atom stereocenters. The van der Waals surface area contributed by atoms with Crippen molar-refractivity contribution in [1.82, 2.24) is 4.98 Å². The van der Waals surface area contributed by atoms with E-state index in [2.05, 4.69) is 10.3 Å². The molecule has 94 valence electrons. The number of nitrogens with one attached hydrogen (secondary N) is 1. The fraction of sp³-hybridized carbons (Fsp3) is 0.0833. The second kappa shape index (κ2) is 4.64. The van der Waals surface area contributed by atoms with Crippen LogP contribution in [0.3, 0.4) is 0 Å². The number of hydrogen-bond acceptors (Lipinski definition) is 2. The Hall–Kier alpha value is -2.11. The number of benzene rings is 1. The molecule has 6 heteroatoms.